The van der Waals surface area contributed by atoms with Crippen molar-refractivity contribution in [2.45, 2.75) is 23.3 Å². The van der Waals surface area contributed by atoms with Crippen LogP contribution in [0.2, 0.25) is 0 Å². The van der Waals surface area contributed by atoms with Gasteiger partial charge in [-0.15, -0.1) is 11.8 Å². The van der Waals surface area contributed by atoms with Gasteiger partial charge in [0.05, 0.1) is 6.20 Å². The summed E-state index contributed by atoms with van der Waals surface area (Å²) in [5.41, 5.74) is 2.80. The molecule has 2 aromatic rings. The Kier molecular flexibility index (Phi) is 3.62. The van der Waals surface area contributed by atoms with Gasteiger partial charge < -0.3 is 5.32 Å². The standard InChI is InChI=1S/C15H19N3S/c1-16-14(7-11-8-17-18(2)9-11)13-10-19-15-6-4-3-5-12(13)15/h3-6,8-9,13-14,16H,7,10H2,1-2H3. The molecular weight excluding hydrogens is 254 g/mol. The number of aryl methyl sites for hydroxylation is 1. The van der Waals surface area contributed by atoms with Crippen LogP contribution < -0.4 is 5.32 Å². The first-order valence-electron chi connectivity index (χ1n) is 6.64. The van der Waals surface area contributed by atoms with Gasteiger partial charge in [-0.05, 0) is 30.7 Å². The highest BCUT2D eigenvalue weighted by molar-refractivity contribution is 7.99. The van der Waals surface area contributed by atoms with Crippen LogP contribution in [0.15, 0.2) is 41.6 Å². The highest BCUT2D eigenvalue weighted by atomic mass is 32.2. The molecule has 1 aromatic carbocycles. The van der Waals surface area contributed by atoms with Crippen molar-refractivity contribution in [3.8, 4) is 0 Å². The third-order valence-electron chi connectivity index (χ3n) is 3.81. The van der Waals surface area contributed by atoms with Gasteiger partial charge in [0.25, 0.3) is 0 Å². The van der Waals surface area contributed by atoms with E-state index in [0.29, 0.717) is 12.0 Å². The Bertz CT molecular complexity index is 564. The molecule has 1 aliphatic rings. The van der Waals surface area contributed by atoms with Crippen LogP contribution in [0.5, 0.6) is 0 Å². The van der Waals surface area contributed by atoms with Gasteiger partial charge in [-0.1, -0.05) is 18.2 Å². The van der Waals surface area contributed by atoms with Crippen LogP contribution in [0.25, 0.3) is 0 Å². The molecule has 1 aliphatic heterocycles. The summed E-state index contributed by atoms with van der Waals surface area (Å²) in [6, 6.07) is 9.25. The molecule has 3 nitrogen and oxygen atoms in total. The largest absolute Gasteiger partial charge is 0.316 e. The Morgan fingerprint density at radius 3 is 3.05 bits per heavy atom. The van der Waals surface area contributed by atoms with E-state index in [0.717, 1.165) is 6.42 Å². The fraction of sp³-hybridized carbons (Fsp3) is 0.400. The summed E-state index contributed by atoms with van der Waals surface area (Å²) in [5.74, 6) is 1.76. The van der Waals surface area contributed by atoms with Gasteiger partial charge in [-0.2, -0.15) is 5.10 Å². The van der Waals surface area contributed by atoms with Gasteiger partial charge >= 0.3 is 0 Å². The second-order valence-corrected chi connectivity index (χ2v) is 6.14. The first-order chi connectivity index (χ1) is 9.28. The third-order valence-corrected chi connectivity index (χ3v) is 5.02. The number of hydrogen-bond donors (Lipinski definition) is 1. The zero-order valence-electron chi connectivity index (χ0n) is 11.3. The summed E-state index contributed by atoms with van der Waals surface area (Å²) in [5, 5.41) is 7.75. The molecule has 0 radical (unpaired) electrons. The maximum Gasteiger partial charge on any atom is 0.0522 e. The average molecular weight is 273 g/mol. The van der Waals surface area contributed by atoms with Gasteiger partial charge in [-0.3, -0.25) is 4.68 Å². The van der Waals surface area contributed by atoms with Crippen LogP contribution in [0.1, 0.15) is 17.0 Å². The van der Waals surface area contributed by atoms with Crippen molar-refractivity contribution in [2.24, 2.45) is 7.05 Å². The Morgan fingerprint density at radius 2 is 2.32 bits per heavy atom. The highest BCUT2D eigenvalue weighted by Gasteiger charge is 2.29. The Hall–Kier alpha value is -1.26. The number of nitrogens with one attached hydrogen (secondary N) is 1. The number of likely N-dealkylation sites (N-methyl/N-ethyl adjacent to an activating group) is 1. The minimum Gasteiger partial charge on any atom is -0.316 e. The van der Waals surface area contributed by atoms with E-state index in [1.54, 1.807) is 0 Å². The summed E-state index contributed by atoms with van der Waals surface area (Å²) >= 11 is 1.97. The van der Waals surface area contributed by atoms with Gasteiger partial charge in [0.2, 0.25) is 0 Å². The number of rotatable bonds is 4. The summed E-state index contributed by atoms with van der Waals surface area (Å²) < 4.78 is 1.87. The van der Waals surface area contributed by atoms with E-state index in [1.807, 2.05) is 29.7 Å². The molecule has 0 fully saturated rings. The van der Waals surface area contributed by atoms with Crippen LogP contribution in [-0.4, -0.2) is 28.6 Å². The van der Waals surface area contributed by atoms with Crippen LogP contribution in [0.4, 0.5) is 0 Å². The predicted octanol–water partition coefficient (Wildman–Crippen LogP) is 2.44. The van der Waals surface area contributed by atoms with Gasteiger partial charge in [-0.25, -0.2) is 0 Å². The molecule has 3 rings (SSSR count). The van der Waals surface area contributed by atoms with E-state index in [9.17, 15) is 0 Å². The molecule has 2 heterocycles. The van der Waals surface area contributed by atoms with Crippen LogP contribution in [0.3, 0.4) is 0 Å². The van der Waals surface area contributed by atoms with Gasteiger partial charge in [0.1, 0.15) is 0 Å². The van der Waals surface area contributed by atoms with Gasteiger partial charge in [0, 0.05) is 35.9 Å². The number of thioether (sulfide) groups is 1. The maximum atomic E-state index is 4.26. The first kappa shape index (κ1) is 12.8. The molecular formula is C15H19N3S. The van der Waals surface area contributed by atoms with Crippen LogP contribution >= 0.6 is 11.8 Å². The van der Waals surface area contributed by atoms with Crippen molar-refractivity contribution in [3.63, 3.8) is 0 Å². The molecule has 0 aliphatic carbocycles. The van der Waals surface area contributed by atoms with E-state index >= 15 is 0 Å². The summed E-state index contributed by atoms with van der Waals surface area (Å²) in [6.45, 7) is 0. The minimum absolute atomic E-state index is 0.473. The summed E-state index contributed by atoms with van der Waals surface area (Å²) in [4.78, 5) is 1.44. The molecule has 0 amide bonds. The van der Waals surface area contributed by atoms with Crippen molar-refractivity contribution in [2.75, 3.05) is 12.8 Å². The third kappa shape index (κ3) is 2.55. The van der Waals surface area contributed by atoms with Gasteiger partial charge in [0.15, 0.2) is 0 Å². The van der Waals surface area contributed by atoms with E-state index in [4.69, 9.17) is 0 Å². The molecule has 19 heavy (non-hydrogen) atoms. The van der Waals surface area contributed by atoms with Crippen molar-refractivity contribution < 1.29 is 0 Å². The fourth-order valence-electron chi connectivity index (χ4n) is 2.80. The molecule has 2 atom stereocenters. The quantitative estimate of drug-likeness (QED) is 0.928. The molecule has 1 aromatic heterocycles. The SMILES string of the molecule is CNC(Cc1cnn(C)c1)C1CSc2ccccc21. The molecule has 1 N–H and O–H groups in total. The number of nitrogens with zero attached hydrogens (tertiary/aromatic N) is 2. The zero-order valence-corrected chi connectivity index (χ0v) is 12.2. The molecule has 0 spiro atoms. The highest BCUT2D eigenvalue weighted by Crippen LogP contribution is 2.41. The molecule has 0 bridgehead atoms. The van der Waals surface area contributed by atoms with E-state index in [2.05, 4.69) is 47.9 Å². The molecule has 4 heteroatoms. The van der Waals surface area contributed by atoms with Crippen molar-refractivity contribution >= 4 is 11.8 Å². The second-order valence-electron chi connectivity index (χ2n) is 5.08. The average Bonchev–Trinajstić information content (AvgIpc) is 3.02. The second kappa shape index (κ2) is 5.39. The number of aromatic nitrogens is 2. The van der Waals surface area contributed by atoms with Crippen LogP contribution in [-0.2, 0) is 13.5 Å². The van der Waals surface area contributed by atoms with Crippen molar-refractivity contribution in [1.82, 2.24) is 15.1 Å². The molecule has 100 valence electrons. The molecule has 0 saturated heterocycles. The molecule has 2 unspecified atom stereocenters. The smallest absolute Gasteiger partial charge is 0.0522 e. The monoisotopic (exact) mass is 273 g/mol. The summed E-state index contributed by atoms with van der Waals surface area (Å²) in [6.07, 6.45) is 5.11. The lowest BCUT2D eigenvalue weighted by molar-refractivity contribution is 0.489. The minimum atomic E-state index is 0.473. The predicted molar refractivity (Wildman–Crippen MR) is 79.7 cm³/mol. The zero-order chi connectivity index (χ0) is 13.2. The topological polar surface area (TPSA) is 29.9 Å². The van der Waals surface area contributed by atoms with E-state index in [-0.39, 0.29) is 0 Å². The van der Waals surface area contributed by atoms with Crippen molar-refractivity contribution in [1.29, 1.82) is 0 Å². The van der Waals surface area contributed by atoms with E-state index in [1.165, 1.54) is 21.8 Å². The Morgan fingerprint density at radius 1 is 1.47 bits per heavy atom. The lowest BCUT2D eigenvalue weighted by Gasteiger charge is -2.23. The Balaban J connectivity index is 1.80. The van der Waals surface area contributed by atoms with Crippen molar-refractivity contribution in [3.05, 3.63) is 47.8 Å². The first-order valence-corrected chi connectivity index (χ1v) is 7.63. The number of benzene rings is 1. The normalized spacial score (nSPS) is 19.4. The Labute approximate surface area is 118 Å². The fourth-order valence-corrected chi connectivity index (χ4v) is 4.13. The van der Waals surface area contributed by atoms with Crippen LogP contribution in [0, 0.1) is 0 Å². The maximum absolute atomic E-state index is 4.26. The lowest BCUT2D eigenvalue weighted by atomic mass is 9.90. The van der Waals surface area contributed by atoms with E-state index < -0.39 is 0 Å². The summed E-state index contributed by atoms with van der Waals surface area (Å²) in [7, 11) is 4.03. The number of hydrogen-bond acceptors (Lipinski definition) is 3. The number of fused-ring (bicyclic) bond motifs is 1. The molecule has 0 saturated carbocycles. The lowest BCUT2D eigenvalue weighted by Crippen LogP contribution is -2.34.